The summed E-state index contributed by atoms with van der Waals surface area (Å²) < 4.78 is 0. The van der Waals surface area contributed by atoms with E-state index >= 15 is 0 Å². The summed E-state index contributed by atoms with van der Waals surface area (Å²) in [6, 6.07) is 11.7. The molecule has 2 nitrogen and oxygen atoms in total. The summed E-state index contributed by atoms with van der Waals surface area (Å²) in [5.41, 5.74) is 4.25. The highest BCUT2D eigenvalue weighted by molar-refractivity contribution is 7.11. The van der Waals surface area contributed by atoms with Crippen LogP contribution in [0.4, 0.5) is 0 Å². The lowest BCUT2D eigenvalue weighted by atomic mass is 9.87. The first-order valence-corrected chi connectivity index (χ1v) is 9.24. The zero-order chi connectivity index (χ0) is 15.4. The molecule has 0 aliphatic heterocycles. The minimum Gasteiger partial charge on any atom is -0.499 e. The third-order valence-electron chi connectivity index (χ3n) is 4.57. The van der Waals surface area contributed by atoms with E-state index in [4.69, 9.17) is 0 Å². The SMILES string of the molecule is CCCC(Cc1csc(O)c1)NC1CCCc2ccccc21. The van der Waals surface area contributed by atoms with Crippen molar-refractivity contribution in [1.29, 1.82) is 0 Å². The lowest BCUT2D eigenvalue weighted by Gasteiger charge is -2.30. The van der Waals surface area contributed by atoms with E-state index < -0.39 is 0 Å². The predicted molar refractivity (Wildman–Crippen MR) is 93.6 cm³/mol. The maximum Gasteiger partial charge on any atom is 0.171 e. The summed E-state index contributed by atoms with van der Waals surface area (Å²) in [5.74, 6) is 0. The van der Waals surface area contributed by atoms with Crippen LogP contribution in [-0.4, -0.2) is 11.1 Å². The van der Waals surface area contributed by atoms with Gasteiger partial charge in [-0.25, -0.2) is 0 Å². The smallest absolute Gasteiger partial charge is 0.171 e. The minimum absolute atomic E-state index is 0.424. The molecule has 22 heavy (non-hydrogen) atoms. The largest absolute Gasteiger partial charge is 0.499 e. The molecule has 1 aromatic heterocycles. The van der Waals surface area contributed by atoms with E-state index in [0.717, 1.165) is 6.42 Å². The minimum atomic E-state index is 0.424. The van der Waals surface area contributed by atoms with Gasteiger partial charge in [-0.1, -0.05) is 37.6 Å². The Hall–Kier alpha value is -1.32. The molecule has 0 saturated carbocycles. The van der Waals surface area contributed by atoms with Crippen LogP contribution in [0.1, 0.15) is 55.3 Å². The third-order valence-corrected chi connectivity index (χ3v) is 5.35. The lowest BCUT2D eigenvalue weighted by molar-refractivity contribution is 0.375. The van der Waals surface area contributed by atoms with Gasteiger partial charge in [0.15, 0.2) is 5.06 Å². The summed E-state index contributed by atoms with van der Waals surface area (Å²) >= 11 is 1.43. The Kier molecular flexibility index (Phi) is 5.16. The molecule has 1 aromatic carbocycles. The molecule has 0 amide bonds. The molecule has 0 spiro atoms. The van der Waals surface area contributed by atoms with Crippen LogP contribution in [0, 0.1) is 0 Å². The number of hydrogen-bond acceptors (Lipinski definition) is 3. The van der Waals surface area contributed by atoms with Crippen molar-refractivity contribution in [3.8, 4) is 5.06 Å². The van der Waals surface area contributed by atoms with Crippen molar-refractivity contribution >= 4 is 11.3 Å². The summed E-state index contributed by atoms with van der Waals surface area (Å²) in [6.07, 6.45) is 7.07. The lowest BCUT2D eigenvalue weighted by Crippen LogP contribution is -2.36. The van der Waals surface area contributed by atoms with Crippen LogP contribution in [0.15, 0.2) is 35.7 Å². The van der Waals surface area contributed by atoms with Crippen molar-refractivity contribution in [2.75, 3.05) is 0 Å². The maximum atomic E-state index is 9.55. The van der Waals surface area contributed by atoms with Crippen molar-refractivity contribution < 1.29 is 5.11 Å². The van der Waals surface area contributed by atoms with Gasteiger partial charge in [0.1, 0.15) is 0 Å². The van der Waals surface area contributed by atoms with E-state index in [9.17, 15) is 5.11 Å². The second-order valence-corrected chi connectivity index (χ2v) is 7.18. The molecule has 2 aromatic rings. The van der Waals surface area contributed by atoms with Gasteiger partial charge in [0, 0.05) is 12.1 Å². The molecule has 0 radical (unpaired) electrons. The second kappa shape index (κ2) is 7.30. The number of thiophene rings is 1. The van der Waals surface area contributed by atoms with Crippen LogP contribution in [-0.2, 0) is 12.8 Å². The summed E-state index contributed by atoms with van der Waals surface area (Å²) in [4.78, 5) is 0. The van der Waals surface area contributed by atoms with Crippen LogP contribution in [0.2, 0.25) is 0 Å². The molecule has 0 bridgehead atoms. The predicted octanol–water partition coefficient (Wildman–Crippen LogP) is 4.83. The molecule has 3 heteroatoms. The Bertz CT molecular complexity index is 607. The molecule has 3 rings (SSSR count). The fourth-order valence-electron chi connectivity index (χ4n) is 3.56. The highest BCUT2D eigenvalue weighted by atomic mass is 32.1. The van der Waals surface area contributed by atoms with Crippen molar-refractivity contribution in [2.45, 2.75) is 57.5 Å². The Morgan fingerprint density at radius 2 is 2.23 bits per heavy atom. The maximum absolute atomic E-state index is 9.55. The van der Waals surface area contributed by atoms with Crippen LogP contribution in [0.5, 0.6) is 5.06 Å². The first-order valence-electron chi connectivity index (χ1n) is 8.36. The molecular weight excluding hydrogens is 290 g/mol. The first kappa shape index (κ1) is 15.6. The van der Waals surface area contributed by atoms with Crippen molar-refractivity contribution in [3.05, 3.63) is 52.4 Å². The number of nitrogens with one attached hydrogen (secondary N) is 1. The zero-order valence-electron chi connectivity index (χ0n) is 13.2. The average molecular weight is 315 g/mol. The fraction of sp³-hybridized carbons (Fsp3) is 0.474. The van der Waals surface area contributed by atoms with E-state index in [2.05, 4.69) is 41.9 Å². The van der Waals surface area contributed by atoms with Gasteiger partial charge in [-0.05, 0) is 60.2 Å². The van der Waals surface area contributed by atoms with Gasteiger partial charge in [0.05, 0.1) is 0 Å². The highest BCUT2D eigenvalue weighted by Crippen LogP contribution is 2.31. The molecular formula is C19H25NOS. The van der Waals surface area contributed by atoms with E-state index in [-0.39, 0.29) is 0 Å². The van der Waals surface area contributed by atoms with Gasteiger partial charge < -0.3 is 10.4 Å². The monoisotopic (exact) mass is 315 g/mol. The summed E-state index contributed by atoms with van der Waals surface area (Å²) in [7, 11) is 0. The van der Waals surface area contributed by atoms with Gasteiger partial charge in [-0.2, -0.15) is 0 Å². The Balaban J connectivity index is 1.71. The Morgan fingerprint density at radius 3 is 3.00 bits per heavy atom. The molecule has 0 saturated heterocycles. The van der Waals surface area contributed by atoms with Crippen LogP contribution < -0.4 is 5.32 Å². The van der Waals surface area contributed by atoms with Crippen molar-refractivity contribution in [2.24, 2.45) is 0 Å². The quantitative estimate of drug-likeness (QED) is 0.800. The normalized spacial score (nSPS) is 18.9. The number of aromatic hydroxyl groups is 1. The van der Waals surface area contributed by atoms with Crippen LogP contribution >= 0.6 is 11.3 Å². The Labute approximate surface area is 137 Å². The number of rotatable bonds is 6. The third kappa shape index (κ3) is 3.71. The topological polar surface area (TPSA) is 32.3 Å². The average Bonchev–Trinajstić information content (AvgIpc) is 2.93. The van der Waals surface area contributed by atoms with Crippen molar-refractivity contribution in [1.82, 2.24) is 5.32 Å². The van der Waals surface area contributed by atoms with Crippen LogP contribution in [0.3, 0.4) is 0 Å². The molecule has 0 fully saturated rings. The number of aryl methyl sites for hydroxylation is 1. The van der Waals surface area contributed by atoms with Crippen molar-refractivity contribution in [3.63, 3.8) is 0 Å². The fourth-order valence-corrected chi connectivity index (χ4v) is 4.21. The molecule has 118 valence electrons. The van der Waals surface area contributed by atoms with E-state index in [1.165, 1.54) is 60.1 Å². The molecule has 2 unspecified atom stereocenters. The number of fused-ring (bicyclic) bond motifs is 1. The van der Waals surface area contributed by atoms with Gasteiger partial charge in [0.2, 0.25) is 0 Å². The van der Waals surface area contributed by atoms with E-state index in [1.807, 2.05) is 6.07 Å². The highest BCUT2D eigenvalue weighted by Gasteiger charge is 2.22. The van der Waals surface area contributed by atoms with E-state index in [1.54, 1.807) is 0 Å². The number of hydrogen-bond donors (Lipinski definition) is 2. The standard InChI is InChI=1S/C19H25NOS/c1-2-6-16(11-14-12-19(21)22-13-14)20-18-10-5-8-15-7-3-4-9-17(15)18/h3-4,7,9,12-13,16,18,20-21H,2,5-6,8,10-11H2,1H3. The van der Waals surface area contributed by atoms with Crippen LogP contribution in [0.25, 0.3) is 0 Å². The Morgan fingerprint density at radius 1 is 1.36 bits per heavy atom. The number of benzene rings is 1. The molecule has 1 heterocycles. The van der Waals surface area contributed by atoms with Gasteiger partial charge in [-0.3, -0.25) is 0 Å². The molecule has 2 atom stereocenters. The van der Waals surface area contributed by atoms with Gasteiger partial charge in [-0.15, -0.1) is 11.3 Å². The summed E-state index contributed by atoms with van der Waals surface area (Å²) in [6.45, 7) is 2.24. The van der Waals surface area contributed by atoms with Gasteiger partial charge >= 0.3 is 0 Å². The zero-order valence-corrected chi connectivity index (χ0v) is 14.0. The summed E-state index contributed by atoms with van der Waals surface area (Å²) in [5, 5.41) is 15.9. The van der Waals surface area contributed by atoms with Gasteiger partial charge in [0.25, 0.3) is 0 Å². The molecule has 2 N–H and O–H groups in total. The van der Waals surface area contributed by atoms with E-state index in [0.29, 0.717) is 17.1 Å². The first-order chi connectivity index (χ1) is 10.8. The molecule has 1 aliphatic rings. The molecule has 1 aliphatic carbocycles. The second-order valence-electron chi connectivity index (χ2n) is 6.29.